The maximum atomic E-state index is 12.4. The highest BCUT2D eigenvalue weighted by atomic mass is 16.5. The van der Waals surface area contributed by atoms with Crippen LogP contribution >= 0.6 is 0 Å². The normalized spacial score (nSPS) is 17.4. The van der Waals surface area contributed by atoms with Gasteiger partial charge in [0.2, 0.25) is 0 Å². The summed E-state index contributed by atoms with van der Waals surface area (Å²) in [6.07, 6.45) is 5.29. The van der Waals surface area contributed by atoms with Gasteiger partial charge in [-0.1, -0.05) is 33.1 Å². The first-order valence-corrected chi connectivity index (χ1v) is 8.11. The van der Waals surface area contributed by atoms with Crippen molar-refractivity contribution in [3.8, 4) is 0 Å². The lowest BCUT2D eigenvalue weighted by molar-refractivity contribution is -0.142. The molecule has 0 spiro atoms. The molecule has 4 nitrogen and oxygen atoms in total. The van der Waals surface area contributed by atoms with Crippen molar-refractivity contribution in [1.29, 1.82) is 0 Å². The van der Waals surface area contributed by atoms with Gasteiger partial charge in [-0.05, 0) is 38.5 Å². The highest BCUT2D eigenvalue weighted by molar-refractivity contribution is 6.01. The average molecular weight is 296 g/mol. The molecule has 0 aromatic heterocycles. The number of rotatable bonds is 6. The predicted octanol–water partition coefficient (Wildman–Crippen LogP) is 3.65. The Morgan fingerprint density at radius 3 is 1.95 bits per heavy atom. The molecular formula is C17H28O4. The quantitative estimate of drug-likeness (QED) is 0.554. The molecule has 0 saturated heterocycles. The Morgan fingerprint density at radius 2 is 1.48 bits per heavy atom. The Bertz CT molecular complexity index is 390. The van der Waals surface area contributed by atoms with Crippen LogP contribution in [0.25, 0.3) is 0 Å². The van der Waals surface area contributed by atoms with E-state index in [1.54, 1.807) is 13.8 Å². The average Bonchev–Trinajstić information content (AvgIpc) is 2.45. The zero-order chi connectivity index (χ0) is 15.8. The summed E-state index contributed by atoms with van der Waals surface area (Å²) in [5.41, 5.74) is 1.06. The number of hydrogen-bond donors (Lipinski definition) is 0. The summed E-state index contributed by atoms with van der Waals surface area (Å²) in [5.74, 6) is -0.646. The Balaban J connectivity index is 3.22. The van der Waals surface area contributed by atoms with Gasteiger partial charge in [0.05, 0.1) is 24.4 Å². The second-order valence-electron chi connectivity index (χ2n) is 5.76. The number of hydrogen-bond acceptors (Lipinski definition) is 4. The fourth-order valence-corrected chi connectivity index (χ4v) is 2.96. The van der Waals surface area contributed by atoms with Gasteiger partial charge in [-0.2, -0.15) is 0 Å². The number of carbonyl (C=O) groups excluding carboxylic acids is 2. The first-order valence-electron chi connectivity index (χ1n) is 8.11. The Labute approximate surface area is 127 Å². The molecule has 120 valence electrons. The molecule has 0 bridgehead atoms. The molecule has 0 atom stereocenters. The Hall–Kier alpha value is -1.32. The molecule has 0 heterocycles. The van der Waals surface area contributed by atoms with Gasteiger partial charge in [0.25, 0.3) is 0 Å². The van der Waals surface area contributed by atoms with E-state index >= 15 is 0 Å². The minimum absolute atomic E-state index is 0.0506. The van der Waals surface area contributed by atoms with Crippen molar-refractivity contribution in [3.05, 3.63) is 11.1 Å². The maximum Gasteiger partial charge on any atom is 0.334 e. The van der Waals surface area contributed by atoms with Gasteiger partial charge in [-0.3, -0.25) is 0 Å². The molecule has 1 aliphatic rings. The second-order valence-corrected chi connectivity index (χ2v) is 5.76. The Morgan fingerprint density at radius 1 is 0.952 bits per heavy atom. The first kappa shape index (κ1) is 17.7. The van der Waals surface area contributed by atoms with Crippen LogP contribution in [0.3, 0.4) is 0 Å². The van der Waals surface area contributed by atoms with Gasteiger partial charge in [0.15, 0.2) is 0 Å². The van der Waals surface area contributed by atoms with Crippen LogP contribution in [0.5, 0.6) is 0 Å². The van der Waals surface area contributed by atoms with Crippen molar-refractivity contribution in [3.63, 3.8) is 0 Å². The van der Waals surface area contributed by atoms with Crippen molar-refractivity contribution < 1.29 is 19.1 Å². The fourth-order valence-electron chi connectivity index (χ4n) is 2.96. The summed E-state index contributed by atoms with van der Waals surface area (Å²) in [6, 6.07) is 0. The molecule has 4 heteroatoms. The van der Waals surface area contributed by atoms with Gasteiger partial charge < -0.3 is 9.47 Å². The lowest BCUT2D eigenvalue weighted by atomic mass is 9.79. The highest BCUT2D eigenvalue weighted by Gasteiger charge is 2.32. The van der Waals surface area contributed by atoms with Gasteiger partial charge in [-0.25, -0.2) is 9.59 Å². The van der Waals surface area contributed by atoms with Crippen molar-refractivity contribution in [1.82, 2.24) is 0 Å². The minimum Gasteiger partial charge on any atom is -0.463 e. The van der Waals surface area contributed by atoms with E-state index in [0.717, 1.165) is 25.7 Å². The molecule has 1 saturated carbocycles. The molecule has 0 aliphatic heterocycles. The van der Waals surface area contributed by atoms with Gasteiger partial charge in [-0.15, -0.1) is 0 Å². The summed E-state index contributed by atoms with van der Waals surface area (Å²) in [5, 5.41) is 0. The lowest BCUT2D eigenvalue weighted by Gasteiger charge is -2.26. The predicted molar refractivity (Wildman–Crippen MR) is 81.7 cm³/mol. The zero-order valence-electron chi connectivity index (χ0n) is 13.7. The topological polar surface area (TPSA) is 52.6 Å². The van der Waals surface area contributed by atoms with E-state index < -0.39 is 0 Å². The molecule has 0 aromatic rings. The van der Waals surface area contributed by atoms with E-state index in [0.29, 0.717) is 24.4 Å². The SMILES string of the molecule is CCOC(=O)C(=C(C(=O)OCC)C1CCCCC1)C(C)C. The van der Waals surface area contributed by atoms with Gasteiger partial charge >= 0.3 is 11.9 Å². The van der Waals surface area contributed by atoms with Crippen LogP contribution in [0.4, 0.5) is 0 Å². The summed E-state index contributed by atoms with van der Waals surface area (Å²) in [7, 11) is 0. The molecule has 21 heavy (non-hydrogen) atoms. The van der Waals surface area contributed by atoms with Crippen LogP contribution < -0.4 is 0 Å². The molecule has 0 amide bonds. The van der Waals surface area contributed by atoms with E-state index in [9.17, 15) is 9.59 Å². The molecule has 1 aliphatic carbocycles. The van der Waals surface area contributed by atoms with Crippen LogP contribution in [-0.4, -0.2) is 25.2 Å². The molecule has 0 radical (unpaired) electrons. The van der Waals surface area contributed by atoms with E-state index in [1.165, 1.54) is 6.42 Å². The molecule has 1 fully saturated rings. The van der Waals surface area contributed by atoms with Crippen LogP contribution in [0.1, 0.15) is 59.8 Å². The third-order valence-electron chi connectivity index (χ3n) is 3.87. The molecular weight excluding hydrogens is 268 g/mol. The standard InChI is InChI=1S/C17H28O4/c1-5-20-16(18)14(12(3)4)15(17(19)21-6-2)13-10-8-7-9-11-13/h12-13H,5-11H2,1-4H3. The van der Waals surface area contributed by atoms with Crippen molar-refractivity contribution >= 4 is 11.9 Å². The number of esters is 2. The molecule has 0 aromatic carbocycles. The highest BCUT2D eigenvalue weighted by Crippen LogP contribution is 2.34. The number of carbonyl (C=O) groups is 2. The van der Waals surface area contributed by atoms with Crippen LogP contribution in [0.15, 0.2) is 11.1 Å². The monoisotopic (exact) mass is 296 g/mol. The van der Waals surface area contributed by atoms with E-state index in [4.69, 9.17) is 9.47 Å². The summed E-state index contributed by atoms with van der Waals surface area (Å²) >= 11 is 0. The van der Waals surface area contributed by atoms with Crippen molar-refractivity contribution in [2.75, 3.05) is 13.2 Å². The number of ether oxygens (including phenoxy) is 2. The second kappa shape index (κ2) is 8.85. The van der Waals surface area contributed by atoms with Crippen LogP contribution in [0.2, 0.25) is 0 Å². The molecule has 1 rings (SSSR count). The third kappa shape index (κ3) is 4.87. The van der Waals surface area contributed by atoms with Crippen LogP contribution in [0, 0.1) is 11.8 Å². The van der Waals surface area contributed by atoms with Gasteiger partial charge in [0.1, 0.15) is 0 Å². The lowest BCUT2D eigenvalue weighted by Crippen LogP contribution is -2.26. The summed E-state index contributed by atoms with van der Waals surface area (Å²) in [4.78, 5) is 24.7. The van der Waals surface area contributed by atoms with Gasteiger partial charge in [0, 0.05) is 0 Å². The summed E-state index contributed by atoms with van der Waals surface area (Å²) < 4.78 is 10.4. The van der Waals surface area contributed by atoms with E-state index in [1.807, 2.05) is 13.8 Å². The largest absolute Gasteiger partial charge is 0.463 e. The Kier molecular flexibility index (Phi) is 7.48. The van der Waals surface area contributed by atoms with E-state index in [-0.39, 0.29) is 23.8 Å². The zero-order valence-corrected chi connectivity index (χ0v) is 13.7. The minimum atomic E-state index is -0.374. The van der Waals surface area contributed by atoms with Crippen molar-refractivity contribution in [2.45, 2.75) is 59.8 Å². The van der Waals surface area contributed by atoms with E-state index in [2.05, 4.69) is 0 Å². The molecule has 0 unspecified atom stereocenters. The summed E-state index contributed by atoms with van der Waals surface area (Å²) in [6.45, 7) is 8.05. The smallest absolute Gasteiger partial charge is 0.334 e. The maximum absolute atomic E-state index is 12.4. The third-order valence-corrected chi connectivity index (χ3v) is 3.87. The molecule has 0 N–H and O–H groups in total. The first-order chi connectivity index (χ1) is 10.0. The van der Waals surface area contributed by atoms with Crippen molar-refractivity contribution in [2.24, 2.45) is 11.8 Å². The fraction of sp³-hybridized carbons (Fsp3) is 0.765. The van der Waals surface area contributed by atoms with Crippen LogP contribution in [-0.2, 0) is 19.1 Å².